The van der Waals surface area contributed by atoms with Crippen LogP contribution in [0.3, 0.4) is 0 Å². The van der Waals surface area contributed by atoms with Gasteiger partial charge in [0.05, 0.1) is 5.56 Å². The van der Waals surface area contributed by atoms with Crippen molar-refractivity contribution in [3.05, 3.63) is 29.1 Å². The number of phenolic OH excluding ortho intramolecular Hbond substituents is 1. The third-order valence-electron chi connectivity index (χ3n) is 2.48. The molecule has 0 aliphatic carbocycles. The zero-order chi connectivity index (χ0) is 15.3. The average molecular weight is 291 g/mol. The fourth-order valence-electron chi connectivity index (χ4n) is 1.45. The van der Waals surface area contributed by atoms with E-state index in [1.165, 1.54) is 0 Å². The predicted molar refractivity (Wildman–Crippen MR) is 61.8 cm³/mol. The molecular weight excluding hydrogens is 279 g/mol. The first-order valence-corrected chi connectivity index (χ1v) is 5.71. The van der Waals surface area contributed by atoms with Gasteiger partial charge in [-0.05, 0) is 18.9 Å². The van der Waals surface area contributed by atoms with E-state index in [0.717, 1.165) is 0 Å². The molecule has 3 N–H and O–H groups in total. The number of carbonyl (C=O) groups excluding carboxylic acids is 1. The number of hydrogen-bond donors (Lipinski definition) is 3. The maximum atomic E-state index is 13.4. The Hall–Kier alpha value is -2.25. The van der Waals surface area contributed by atoms with Crippen LogP contribution in [0.15, 0.2) is 6.07 Å². The molecule has 8 heteroatoms. The van der Waals surface area contributed by atoms with Gasteiger partial charge in [0.15, 0.2) is 17.4 Å². The van der Waals surface area contributed by atoms with Crippen LogP contribution in [0.4, 0.5) is 13.2 Å². The Morgan fingerprint density at radius 1 is 1.15 bits per heavy atom. The molecule has 5 nitrogen and oxygen atoms in total. The first kappa shape index (κ1) is 15.8. The van der Waals surface area contributed by atoms with Crippen molar-refractivity contribution in [1.29, 1.82) is 0 Å². The summed E-state index contributed by atoms with van der Waals surface area (Å²) in [6, 6.07) is 0.344. The maximum absolute atomic E-state index is 13.4. The lowest BCUT2D eigenvalue weighted by molar-refractivity contribution is -0.137. The summed E-state index contributed by atoms with van der Waals surface area (Å²) >= 11 is 0. The molecule has 1 aromatic carbocycles. The van der Waals surface area contributed by atoms with Crippen LogP contribution in [0.25, 0.3) is 0 Å². The van der Waals surface area contributed by atoms with Crippen molar-refractivity contribution in [3.8, 4) is 5.75 Å². The van der Waals surface area contributed by atoms with E-state index in [4.69, 9.17) is 10.2 Å². The van der Waals surface area contributed by atoms with E-state index in [2.05, 4.69) is 5.32 Å². The number of aliphatic carboxylic acids is 1. The van der Waals surface area contributed by atoms with Crippen LogP contribution in [0.5, 0.6) is 5.75 Å². The molecule has 110 valence electrons. The van der Waals surface area contributed by atoms with Crippen LogP contribution in [0.1, 0.15) is 29.6 Å². The second kappa shape index (κ2) is 6.78. The predicted octanol–water partition coefficient (Wildman–Crippen LogP) is 1.79. The summed E-state index contributed by atoms with van der Waals surface area (Å²) in [5.74, 6) is -8.41. The van der Waals surface area contributed by atoms with Gasteiger partial charge < -0.3 is 15.5 Å². The second-order valence-corrected chi connectivity index (χ2v) is 3.99. The van der Waals surface area contributed by atoms with Crippen molar-refractivity contribution in [3.63, 3.8) is 0 Å². The lowest BCUT2D eigenvalue weighted by Crippen LogP contribution is -2.26. The van der Waals surface area contributed by atoms with Crippen LogP contribution < -0.4 is 5.32 Å². The molecule has 0 saturated heterocycles. The molecule has 1 amide bonds. The number of halogens is 3. The van der Waals surface area contributed by atoms with Gasteiger partial charge in [0.1, 0.15) is 0 Å². The molecule has 0 atom stereocenters. The first-order valence-electron chi connectivity index (χ1n) is 5.71. The van der Waals surface area contributed by atoms with E-state index >= 15 is 0 Å². The molecule has 0 unspecified atom stereocenters. The molecule has 0 saturated carbocycles. The highest BCUT2D eigenvalue weighted by Gasteiger charge is 2.22. The van der Waals surface area contributed by atoms with Gasteiger partial charge in [-0.15, -0.1) is 0 Å². The highest BCUT2D eigenvalue weighted by atomic mass is 19.2. The number of rotatable bonds is 6. The Kier molecular flexibility index (Phi) is 5.36. The van der Waals surface area contributed by atoms with Crippen LogP contribution >= 0.6 is 0 Å². The molecule has 0 bridgehead atoms. The normalized spacial score (nSPS) is 10.3. The second-order valence-electron chi connectivity index (χ2n) is 3.99. The Morgan fingerprint density at radius 3 is 2.40 bits per heavy atom. The van der Waals surface area contributed by atoms with E-state index in [-0.39, 0.29) is 13.0 Å². The van der Waals surface area contributed by atoms with E-state index in [1.54, 1.807) is 0 Å². The minimum absolute atomic E-state index is 0.0469. The third kappa shape index (κ3) is 3.87. The Morgan fingerprint density at radius 2 is 1.80 bits per heavy atom. The van der Waals surface area contributed by atoms with Gasteiger partial charge in [0, 0.05) is 13.0 Å². The Balaban J connectivity index is 2.62. The number of amides is 1. The molecule has 0 aliphatic rings. The van der Waals surface area contributed by atoms with Gasteiger partial charge in [-0.1, -0.05) is 0 Å². The Bertz CT molecular complexity index is 534. The number of carboxylic acids is 1. The van der Waals surface area contributed by atoms with Gasteiger partial charge >= 0.3 is 5.97 Å². The summed E-state index contributed by atoms with van der Waals surface area (Å²) in [7, 11) is 0. The lowest BCUT2D eigenvalue weighted by atomic mass is 10.1. The van der Waals surface area contributed by atoms with Crippen molar-refractivity contribution in [2.75, 3.05) is 6.54 Å². The number of hydrogen-bond acceptors (Lipinski definition) is 3. The Labute approximate surface area is 112 Å². The van der Waals surface area contributed by atoms with Crippen molar-refractivity contribution in [2.45, 2.75) is 19.3 Å². The lowest BCUT2D eigenvalue weighted by Gasteiger charge is -2.07. The zero-order valence-corrected chi connectivity index (χ0v) is 10.3. The molecule has 0 aliphatic heterocycles. The highest BCUT2D eigenvalue weighted by Crippen LogP contribution is 2.25. The largest absolute Gasteiger partial charge is 0.503 e. The maximum Gasteiger partial charge on any atom is 0.303 e. The van der Waals surface area contributed by atoms with E-state index in [1.807, 2.05) is 0 Å². The van der Waals surface area contributed by atoms with Crippen LogP contribution in [-0.4, -0.2) is 28.6 Å². The summed E-state index contributed by atoms with van der Waals surface area (Å²) in [5.41, 5.74) is -0.820. The first-order chi connectivity index (χ1) is 9.34. The molecule has 1 aromatic rings. The molecule has 0 spiro atoms. The fraction of sp³-hybridized carbons (Fsp3) is 0.333. The molecule has 0 radical (unpaired) electrons. The fourth-order valence-corrected chi connectivity index (χ4v) is 1.45. The van der Waals surface area contributed by atoms with Crippen LogP contribution in [-0.2, 0) is 4.79 Å². The van der Waals surface area contributed by atoms with Crippen LogP contribution in [0.2, 0.25) is 0 Å². The SMILES string of the molecule is O=C(O)CCCCNC(=O)c1cc(F)c(F)c(O)c1F. The van der Waals surface area contributed by atoms with E-state index < -0.39 is 40.6 Å². The van der Waals surface area contributed by atoms with E-state index in [0.29, 0.717) is 18.9 Å². The van der Waals surface area contributed by atoms with Gasteiger partial charge in [-0.2, -0.15) is 4.39 Å². The molecule has 1 rings (SSSR count). The summed E-state index contributed by atoms with van der Waals surface area (Å²) in [6.07, 6.45) is 0.562. The number of benzene rings is 1. The monoisotopic (exact) mass is 291 g/mol. The molecule has 0 heterocycles. The van der Waals surface area contributed by atoms with Crippen LogP contribution in [0, 0.1) is 17.5 Å². The third-order valence-corrected chi connectivity index (χ3v) is 2.48. The zero-order valence-electron chi connectivity index (χ0n) is 10.3. The van der Waals surface area contributed by atoms with Crippen molar-refractivity contribution in [2.24, 2.45) is 0 Å². The minimum atomic E-state index is -1.76. The number of nitrogens with one attached hydrogen (secondary N) is 1. The number of carbonyl (C=O) groups is 2. The highest BCUT2D eigenvalue weighted by molar-refractivity contribution is 5.94. The molecule has 0 aromatic heterocycles. The van der Waals surface area contributed by atoms with Gasteiger partial charge in [0.25, 0.3) is 5.91 Å². The van der Waals surface area contributed by atoms with Gasteiger partial charge in [-0.25, -0.2) is 8.78 Å². The summed E-state index contributed by atoms with van der Waals surface area (Å²) < 4.78 is 39.2. The summed E-state index contributed by atoms with van der Waals surface area (Å²) in [4.78, 5) is 21.7. The van der Waals surface area contributed by atoms with E-state index in [9.17, 15) is 22.8 Å². The molecule has 20 heavy (non-hydrogen) atoms. The van der Waals surface area contributed by atoms with Crippen molar-refractivity contribution in [1.82, 2.24) is 5.32 Å². The number of aromatic hydroxyl groups is 1. The molecule has 0 fully saturated rings. The number of carboxylic acid groups (broad SMARTS) is 1. The quantitative estimate of drug-likeness (QED) is 0.551. The molecular formula is C12H12F3NO4. The summed E-state index contributed by atoms with van der Waals surface area (Å²) in [6.45, 7) is 0.0469. The number of phenols is 1. The topological polar surface area (TPSA) is 86.6 Å². The number of unbranched alkanes of at least 4 members (excludes halogenated alkanes) is 1. The standard InChI is InChI=1S/C12H12F3NO4/c13-7-5-6(9(14)11(19)10(7)15)12(20)16-4-2-1-3-8(17)18/h5,19H,1-4H2,(H,16,20)(H,17,18). The smallest absolute Gasteiger partial charge is 0.303 e. The van der Waals surface area contributed by atoms with Gasteiger partial charge in [-0.3, -0.25) is 9.59 Å². The van der Waals surface area contributed by atoms with Crippen molar-refractivity contribution >= 4 is 11.9 Å². The van der Waals surface area contributed by atoms with Crippen molar-refractivity contribution < 1.29 is 33.0 Å². The summed E-state index contributed by atoms with van der Waals surface area (Å²) in [5, 5.41) is 19.5. The average Bonchev–Trinajstić information content (AvgIpc) is 2.39. The van der Waals surface area contributed by atoms with Gasteiger partial charge in [0.2, 0.25) is 5.82 Å². The minimum Gasteiger partial charge on any atom is -0.503 e.